The first kappa shape index (κ1) is 19.3. The number of hydrogen-bond donors (Lipinski definition) is 1. The normalized spacial score (nSPS) is 14.6. The molecule has 2 aromatic carbocycles. The Morgan fingerprint density at radius 1 is 1.00 bits per heavy atom. The SMILES string of the molecule is O=C(NC(Cc1ccccc1)C(=O)N1CCCC1)c1csc(-c2ccccc2)n1. The molecule has 6 heteroatoms. The molecule has 0 bridgehead atoms. The van der Waals surface area contributed by atoms with Crippen molar-refractivity contribution >= 4 is 23.2 Å². The summed E-state index contributed by atoms with van der Waals surface area (Å²) in [5, 5.41) is 5.48. The number of rotatable bonds is 6. The Kier molecular flexibility index (Phi) is 6.00. The first-order valence-corrected chi connectivity index (χ1v) is 10.7. The summed E-state index contributed by atoms with van der Waals surface area (Å²) in [7, 11) is 0. The molecule has 4 rings (SSSR count). The van der Waals surface area contributed by atoms with Crippen LogP contribution in [-0.2, 0) is 11.2 Å². The van der Waals surface area contributed by atoms with Crippen LogP contribution in [0.15, 0.2) is 66.0 Å². The summed E-state index contributed by atoms with van der Waals surface area (Å²) in [5.74, 6) is -0.324. The molecule has 1 aliphatic heterocycles. The van der Waals surface area contributed by atoms with Gasteiger partial charge in [-0.15, -0.1) is 11.3 Å². The molecule has 29 heavy (non-hydrogen) atoms. The van der Waals surface area contributed by atoms with Crippen LogP contribution in [0.2, 0.25) is 0 Å². The molecule has 1 saturated heterocycles. The summed E-state index contributed by atoms with van der Waals surface area (Å²) >= 11 is 1.43. The molecule has 0 spiro atoms. The van der Waals surface area contributed by atoms with Crippen LogP contribution in [0, 0.1) is 0 Å². The van der Waals surface area contributed by atoms with Crippen molar-refractivity contribution in [2.24, 2.45) is 0 Å². The first-order chi connectivity index (χ1) is 14.2. The number of amides is 2. The van der Waals surface area contributed by atoms with E-state index in [1.54, 1.807) is 5.38 Å². The highest BCUT2D eigenvalue weighted by Crippen LogP contribution is 2.23. The number of aromatic nitrogens is 1. The molecule has 1 N–H and O–H groups in total. The van der Waals surface area contributed by atoms with Crippen molar-refractivity contribution in [3.05, 3.63) is 77.3 Å². The van der Waals surface area contributed by atoms with E-state index >= 15 is 0 Å². The molecule has 5 nitrogen and oxygen atoms in total. The average Bonchev–Trinajstić information content (AvgIpc) is 3.46. The second kappa shape index (κ2) is 9.01. The van der Waals surface area contributed by atoms with Crippen LogP contribution >= 0.6 is 11.3 Å². The summed E-state index contributed by atoms with van der Waals surface area (Å²) in [6.45, 7) is 1.52. The summed E-state index contributed by atoms with van der Waals surface area (Å²) in [6, 6.07) is 19.0. The molecular weight excluding hydrogens is 382 g/mol. The molecule has 1 unspecified atom stereocenters. The van der Waals surface area contributed by atoms with Crippen molar-refractivity contribution in [3.8, 4) is 10.6 Å². The Morgan fingerprint density at radius 2 is 1.66 bits per heavy atom. The number of hydrogen-bond acceptors (Lipinski definition) is 4. The quantitative estimate of drug-likeness (QED) is 0.679. The lowest BCUT2D eigenvalue weighted by molar-refractivity contribution is -0.132. The Balaban J connectivity index is 1.51. The zero-order valence-electron chi connectivity index (χ0n) is 16.1. The lowest BCUT2D eigenvalue weighted by atomic mass is 10.0. The van der Waals surface area contributed by atoms with E-state index in [1.807, 2.05) is 65.6 Å². The van der Waals surface area contributed by atoms with Crippen LogP contribution in [0.1, 0.15) is 28.9 Å². The first-order valence-electron chi connectivity index (χ1n) is 9.85. The lowest BCUT2D eigenvalue weighted by Crippen LogP contribution is -2.49. The van der Waals surface area contributed by atoms with E-state index in [9.17, 15) is 9.59 Å². The van der Waals surface area contributed by atoms with Crippen molar-refractivity contribution in [2.75, 3.05) is 13.1 Å². The van der Waals surface area contributed by atoms with Gasteiger partial charge in [0.25, 0.3) is 5.91 Å². The Bertz CT molecular complexity index is 966. The standard InChI is InChI=1S/C23H23N3O2S/c27-21(20-16-29-22(25-20)18-11-5-2-6-12-18)24-19(15-17-9-3-1-4-10-17)23(28)26-13-7-8-14-26/h1-6,9-12,16,19H,7-8,13-15H2,(H,24,27). The fraction of sp³-hybridized carbons (Fsp3) is 0.261. The molecule has 3 aromatic rings. The van der Waals surface area contributed by atoms with Crippen molar-refractivity contribution in [2.45, 2.75) is 25.3 Å². The van der Waals surface area contributed by atoms with Gasteiger partial charge in [0.2, 0.25) is 5.91 Å². The second-order valence-electron chi connectivity index (χ2n) is 7.15. The maximum atomic E-state index is 13.0. The van der Waals surface area contributed by atoms with Gasteiger partial charge in [-0.3, -0.25) is 9.59 Å². The molecule has 1 fully saturated rings. The molecule has 2 heterocycles. The molecule has 0 aliphatic carbocycles. The highest BCUT2D eigenvalue weighted by molar-refractivity contribution is 7.13. The fourth-order valence-electron chi connectivity index (χ4n) is 3.53. The van der Waals surface area contributed by atoms with Crippen LogP contribution in [0.4, 0.5) is 0 Å². The second-order valence-corrected chi connectivity index (χ2v) is 8.01. The van der Waals surface area contributed by atoms with E-state index in [1.165, 1.54) is 11.3 Å². The summed E-state index contributed by atoms with van der Waals surface area (Å²) in [6.07, 6.45) is 2.51. The Morgan fingerprint density at radius 3 is 2.34 bits per heavy atom. The predicted molar refractivity (Wildman–Crippen MR) is 115 cm³/mol. The van der Waals surface area contributed by atoms with Crippen molar-refractivity contribution in [1.82, 2.24) is 15.2 Å². The minimum Gasteiger partial charge on any atom is -0.341 e. The van der Waals surface area contributed by atoms with Gasteiger partial charge in [0.05, 0.1) is 0 Å². The van der Waals surface area contributed by atoms with Crippen LogP contribution < -0.4 is 5.32 Å². The summed E-state index contributed by atoms with van der Waals surface area (Å²) in [5.41, 5.74) is 2.35. The van der Waals surface area contributed by atoms with Gasteiger partial charge in [0.15, 0.2) is 0 Å². The maximum Gasteiger partial charge on any atom is 0.271 e. The monoisotopic (exact) mass is 405 g/mol. The number of carbonyl (C=O) groups is 2. The largest absolute Gasteiger partial charge is 0.341 e. The van der Waals surface area contributed by atoms with E-state index in [0.29, 0.717) is 12.1 Å². The van der Waals surface area contributed by atoms with Gasteiger partial charge < -0.3 is 10.2 Å². The molecule has 1 aromatic heterocycles. The number of benzene rings is 2. The Hall–Kier alpha value is -2.99. The van der Waals surface area contributed by atoms with E-state index in [-0.39, 0.29) is 11.8 Å². The lowest BCUT2D eigenvalue weighted by Gasteiger charge is -2.24. The van der Waals surface area contributed by atoms with Gasteiger partial charge in [0, 0.05) is 30.5 Å². The number of nitrogens with zero attached hydrogens (tertiary/aromatic N) is 2. The summed E-state index contributed by atoms with van der Waals surface area (Å²) in [4.78, 5) is 32.2. The summed E-state index contributed by atoms with van der Waals surface area (Å²) < 4.78 is 0. The molecule has 1 atom stereocenters. The Labute approximate surface area is 174 Å². The number of likely N-dealkylation sites (tertiary alicyclic amines) is 1. The smallest absolute Gasteiger partial charge is 0.271 e. The van der Waals surface area contributed by atoms with Gasteiger partial charge in [-0.05, 0) is 18.4 Å². The van der Waals surface area contributed by atoms with Gasteiger partial charge in [-0.1, -0.05) is 60.7 Å². The van der Waals surface area contributed by atoms with Gasteiger partial charge in [0.1, 0.15) is 16.7 Å². The molecule has 2 amide bonds. The molecular formula is C23H23N3O2S. The third-order valence-electron chi connectivity index (χ3n) is 5.06. The third-order valence-corrected chi connectivity index (χ3v) is 5.95. The zero-order chi connectivity index (χ0) is 20.1. The van der Waals surface area contributed by atoms with Crippen molar-refractivity contribution < 1.29 is 9.59 Å². The number of nitrogens with one attached hydrogen (secondary N) is 1. The van der Waals surface area contributed by atoms with Crippen LogP contribution in [0.25, 0.3) is 10.6 Å². The van der Waals surface area contributed by atoms with E-state index in [0.717, 1.165) is 42.1 Å². The molecule has 0 radical (unpaired) electrons. The highest BCUT2D eigenvalue weighted by Gasteiger charge is 2.28. The van der Waals surface area contributed by atoms with Crippen LogP contribution in [0.3, 0.4) is 0 Å². The zero-order valence-corrected chi connectivity index (χ0v) is 16.9. The topological polar surface area (TPSA) is 62.3 Å². The average molecular weight is 406 g/mol. The van der Waals surface area contributed by atoms with Gasteiger partial charge >= 0.3 is 0 Å². The van der Waals surface area contributed by atoms with Crippen LogP contribution in [0.5, 0.6) is 0 Å². The number of thiazole rings is 1. The minimum absolute atomic E-state index is 0.0155. The third kappa shape index (κ3) is 4.71. The fourth-order valence-corrected chi connectivity index (χ4v) is 4.34. The minimum atomic E-state index is -0.593. The molecule has 1 aliphatic rings. The van der Waals surface area contributed by atoms with Crippen LogP contribution in [-0.4, -0.2) is 40.8 Å². The molecule has 0 saturated carbocycles. The van der Waals surface area contributed by atoms with Crippen molar-refractivity contribution in [1.29, 1.82) is 0 Å². The maximum absolute atomic E-state index is 13.0. The highest BCUT2D eigenvalue weighted by atomic mass is 32.1. The van der Waals surface area contributed by atoms with Gasteiger partial charge in [-0.2, -0.15) is 0 Å². The van der Waals surface area contributed by atoms with E-state index in [4.69, 9.17) is 0 Å². The van der Waals surface area contributed by atoms with Gasteiger partial charge in [-0.25, -0.2) is 4.98 Å². The van der Waals surface area contributed by atoms with E-state index < -0.39 is 6.04 Å². The predicted octanol–water partition coefficient (Wildman–Crippen LogP) is 3.77. The molecule has 148 valence electrons. The van der Waals surface area contributed by atoms with Crippen molar-refractivity contribution in [3.63, 3.8) is 0 Å². The van der Waals surface area contributed by atoms with E-state index in [2.05, 4.69) is 10.3 Å². The number of carbonyl (C=O) groups excluding carboxylic acids is 2.